The first-order valence-corrected chi connectivity index (χ1v) is 7.42. The van der Waals surface area contributed by atoms with Crippen molar-refractivity contribution < 1.29 is 4.39 Å². The van der Waals surface area contributed by atoms with Crippen molar-refractivity contribution in [2.75, 3.05) is 0 Å². The van der Waals surface area contributed by atoms with Gasteiger partial charge in [-0.25, -0.2) is 9.07 Å². The van der Waals surface area contributed by atoms with E-state index in [-0.39, 0.29) is 11.5 Å². The second-order valence-corrected chi connectivity index (χ2v) is 5.42. The van der Waals surface area contributed by atoms with E-state index in [9.17, 15) is 9.65 Å². The Hall–Kier alpha value is -3.46. The maximum Gasteiger partial charge on any atom is 0.186 e. The lowest BCUT2D eigenvalue weighted by molar-refractivity contribution is 0.624. The molecular formula is C18H12FN5. The van der Waals surface area contributed by atoms with E-state index in [1.807, 2.05) is 30.5 Å². The third-order valence-corrected chi connectivity index (χ3v) is 3.95. The van der Waals surface area contributed by atoms with E-state index in [4.69, 9.17) is 0 Å². The second-order valence-electron chi connectivity index (χ2n) is 5.42. The molecule has 0 radical (unpaired) electrons. The van der Waals surface area contributed by atoms with Crippen molar-refractivity contribution >= 4 is 10.9 Å². The monoisotopic (exact) mass is 317 g/mol. The lowest BCUT2D eigenvalue weighted by Gasteiger charge is -2.06. The number of nitrogens with zero attached hydrogens (tertiary/aromatic N) is 4. The highest BCUT2D eigenvalue weighted by Gasteiger charge is 2.16. The molecule has 4 rings (SSSR count). The van der Waals surface area contributed by atoms with Crippen molar-refractivity contribution in [3.63, 3.8) is 0 Å². The highest BCUT2D eigenvalue weighted by atomic mass is 19.1. The number of aromatic nitrogens is 4. The summed E-state index contributed by atoms with van der Waals surface area (Å²) in [6.07, 6.45) is 2.38. The largest absolute Gasteiger partial charge is 0.361 e. The summed E-state index contributed by atoms with van der Waals surface area (Å²) in [7, 11) is 0. The lowest BCUT2D eigenvalue weighted by atomic mass is 10.1. The molecule has 5 nitrogen and oxygen atoms in total. The van der Waals surface area contributed by atoms with Crippen molar-refractivity contribution in [2.24, 2.45) is 0 Å². The Bertz CT molecular complexity index is 1070. The minimum absolute atomic E-state index is 0.240. The summed E-state index contributed by atoms with van der Waals surface area (Å²) < 4.78 is 15.0. The Morgan fingerprint density at radius 1 is 1.17 bits per heavy atom. The Labute approximate surface area is 137 Å². The first kappa shape index (κ1) is 14.2. The highest BCUT2D eigenvalue weighted by Crippen LogP contribution is 2.23. The van der Waals surface area contributed by atoms with E-state index in [1.165, 1.54) is 16.8 Å². The molecule has 0 fully saturated rings. The normalized spacial score (nSPS) is 10.8. The molecule has 116 valence electrons. The molecule has 24 heavy (non-hydrogen) atoms. The molecule has 4 aromatic rings. The zero-order chi connectivity index (χ0) is 16.5. The number of rotatable bonds is 3. The summed E-state index contributed by atoms with van der Waals surface area (Å²) in [5.41, 5.74) is 3.47. The molecule has 2 heterocycles. The van der Waals surface area contributed by atoms with Crippen molar-refractivity contribution in [2.45, 2.75) is 6.42 Å². The van der Waals surface area contributed by atoms with Gasteiger partial charge in [0.1, 0.15) is 11.9 Å². The number of nitriles is 1. The summed E-state index contributed by atoms with van der Waals surface area (Å²) in [5, 5.41) is 18.4. The number of aromatic amines is 1. The lowest BCUT2D eigenvalue weighted by Crippen LogP contribution is -2.04. The van der Waals surface area contributed by atoms with Crippen LogP contribution >= 0.6 is 0 Å². The van der Waals surface area contributed by atoms with Crippen LogP contribution in [0.15, 0.2) is 54.7 Å². The number of benzene rings is 2. The van der Waals surface area contributed by atoms with Crippen LogP contribution in [0.3, 0.4) is 0 Å². The molecule has 0 amide bonds. The molecule has 0 bridgehead atoms. The maximum absolute atomic E-state index is 13.5. The van der Waals surface area contributed by atoms with Crippen LogP contribution in [0.4, 0.5) is 4.39 Å². The molecule has 0 aliphatic heterocycles. The van der Waals surface area contributed by atoms with Gasteiger partial charge in [-0.05, 0) is 29.8 Å². The number of H-pyrrole nitrogens is 1. The van der Waals surface area contributed by atoms with Crippen LogP contribution in [-0.4, -0.2) is 20.0 Å². The van der Waals surface area contributed by atoms with Gasteiger partial charge in [0.05, 0.1) is 11.4 Å². The van der Waals surface area contributed by atoms with Crippen LogP contribution in [0, 0.1) is 17.1 Å². The molecule has 0 aliphatic rings. The predicted molar refractivity (Wildman–Crippen MR) is 87.1 cm³/mol. The summed E-state index contributed by atoms with van der Waals surface area (Å²) in [6, 6.07) is 16.1. The number of halogens is 1. The van der Waals surface area contributed by atoms with Crippen LogP contribution in [0.25, 0.3) is 16.6 Å². The van der Waals surface area contributed by atoms with Gasteiger partial charge in [-0.2, -0.15) is 5.26 Å². The molecule has 0 aliphatic carbocycles. The second kappa shape index (κ2) is 5.63. The van der Waals surface area contributed by atoms with Crippen LogP contribution in [-0.2, 0) is 6.42 Å². The SMILES string of the molecule is N#Cc1nnn(-c2cccc(F)c2)c1Cc1c[nH]c2ccccc12. The van der Waals surface area contributed by atoms with Gasteiger partial charge in [0.15, 0.2) is 5.69 Å². The van der Waals surface area contributed by atoms with Gasteiger partial charge in [-0.15, -0.1) is 5.10 Å². The first-order chi connectivity index (χ1) is 11.8. The Morgan fingerprint density at radius 3 is 2.88 bits per heavy atom. The van der Waals surface area contributed by atoms with Gasteiger partial charge in [0.2, 0.25) is 0 Å². The zero-order valence-corrected chi connectivity index (χ0v) is 12.6. The smallest absolute Gasteiger partial charge is 0.186 e. The molecule has 2 aromatic carbocycles. The van der Waals surface area contributed by atoms with Gasteiger partial charge in [0, 0.05) is 23.5 Å². The average molecular weight is 317 g/mol. The zero-order valence-electron chi connectivity index (χ0n) is 12.6. The molecular weight excluding hydrogens is 305 g/mol. The average Bonchev–Trinajstić information content (AvgIpc) is 3.20. The van der Waals surface area contributed by atoms with Gasteiger partial charge in [-0.1, -0.05) is 29.5 Å². The Balaban J connectivity index is 1.83. The topological polar surface area (TPSA) is 70.3 Å². The van der Waals surface area contributed by atoms with Crippen molar-refractivity contribution in [3.8, 4) is 11.8 Å². The molecule has 0 atom stereocenters. The number of hydrogen-bond donors (Lipinski definition) is 1. The Morgan fingerprint density at radius 2 is 2.04 bits per heavy atom. The van der Waals surface area contributed by atoms with E-state index < -0.39 is 0 Å². The van der Waals surface area contributed by atoms with E-state index in [2.05, 4.69) is 21.4 Å². The molecule has 1 N–H and O–H groups in total. The molecule has 0 spiro atoms. The predicted octanol–water partition coefficient (Wildman–Crippen LogP) is 3.35. The Kier molecular flexibility index (Phi) is 3.32. The van der Waals surface area contributed by atoms with Crippen LogP contribution in [0.1, 0.15) is 17.0 Å². The summed E-state index contributed by atoms with van der Waals surface area (Å²) >= 11 is 0. The van der Waals surface area contributed by atoms with Gasteiger partial charge in [0.25, 0.3) is 0 Å². The van der Waals surface area contributed by atoms with E-state index in [0.29, 0.717) is 17.8 Å². The molecule has 0 saturated heterocycles. The molecule has 2 aromatic heterocycles. The number of para-hydroxylation sites is 1. The fraction of sp³-hybridized carbons (Fsp3) is 0.0556. The van der Waals surface area contributed by atoms with Gasteiger partial charge >= 0.3 is 0 Å². The summed E-state index contributed by atoms with van der Waals surface area (Å²) in [6.45, 7) is 0. The van der Waals surface area contributed by atoms with E-state index in [0.717, 1.165) is 16.5 Å². The summed E-state index contributed by atoms with van der Waals surface area (Å²) in [4.78, 5) is 3.21. The maximum atomic E-state index is 13.5. The number of hydrogen-bond acceptors (Lipinski definition) is 3. The first-order valence-electron chi connectivity index (χ1n) is 7.42. The molecule has 6 heteroatoms. The van der Waals surface area contributed by atoms with Crippen LogP contribution < -0.4 is 0 Å². The third kappa shape index (κ3) is 2.32. The van der Waals surface area contributed by atoms with Crippen molar-refractivity contribution in [3.05, 3.63) is 77.5 Å². The van der Waals surface area contributed by atoms with Crippen LogP contribution in [0.2, 0.25) is 0 Å². The fourth-order valence-electron chi connectivity index (χ4n) is 2.82. The number of fused-ring (bicyclic) bond motifs is 1. The standard InChI is InChI=1S/C18H12FN5/c19-13-4-3-5-14(9-13)24-18(17(10-20)22-23-24)8-12-11-21-16-7-2-1-6-15(12)16/h1-7,9,11,21H,8H2. The van der Waals surface area contributed by atoms with Gasteiger partial charge in [-0.3, -0.25) is 0 Å². The molecule has 0 saturated carbocycles. The fourth-order valence-corrected chi connectivity index (χ4v) is 2.82. The molecule has 0 unspecified atom stereocenters. The van der Waals surface area contributed by atoms with Crippen molar-refractivity contribution in [1.29, 1.82) is 5.26 Å². The van der Waals surface area contributed by atoms with E-state index >= 15 is 0 Å². The summed E-state index contributed by atoms with van der Waals surface area (Å²) in [5.74, 6) is -0.362. The van der Waals surface area contributed by atoms with Crippen molar-refractivity contribution in [1.82, 2.24) is 20.0 Å². The van der Waals surface area contributed by atoms with Gasteiger partial charge < -0.3 is 4.98 Å². The highest BCUT2D eigenvalue weighted by molar-refractivity contribution is 5.83. The van der Waals surface area contributed by atoms with E-state index in [1.54, 1.807) is 12.1 Å². The quantitative estimate of drug-likeness (QED) is 0.630. The minimum Gasteiger partial charge on any atom is -0.361 e. The number of nitrogens with one attached hydrogen (secondary N) is 1. The minimum atomic E-state index is -0.362. The van der Waals surface area contributed by atoms with Crippen LogP contribution in [0.5, 0.6) is 0 Å². The third-order valence-electron chi connectivity index (χ3n) is 3.95.